The topological polar surface area (TPSA) is 50.3 Å². The maximum Gasteiger partial charge on any atom is 0.0641 e. The molecule has 0 amide bonds. The standard InChI is InChI=1S/C14H27N5/c1-12-13(11-18(3)16-12)14(10-15)17(2)8-9-19-6-4-5-7-19/h11,14H,4-10,15H2,1-3H3. The summed E-state index contributed by atoms with van der Waals surface area (Å²) in [6.07, 6.45) is 4.80. The Kier molecular flexibility index (Phi) is 4.96. The molecule has 1 saturated heterocycles. The Balaban J connectivity index is 1.94. The number of likely N-dealkylation sites (N-methyl/N-ethyl adjacent to an activating group) is 1. The van der Waals surface area contributed by atoms with Gasteiger partial charge in [0.15, 0.2) is 0 Å². The summed E-state index contributed by atoms with van der Waals surface area (Å²) in [5, 5.41) is 4.42. The van der Waals surface area contributed by atoms with Gasteiger partial charge in [-0.3, -0.25) is 9.58 Å². The molecule has 0 aliphatic carbocycles. The molecule has 2 N–H and O–H groups in total. The van der Waals surface area contributed by atoms with Gasteiger partial charge in [-0.05, 0) is 39.9 Å². The summed E-state index contributed by atoms with van der Waals surface area (Å²) in [6, 6.07) is 0.274. The first-order valence-corrected chi connectivity index (χ1v) is 7.24. The fraction of sp³-hybridized carbons (Fsp3) is 0.786. The first kappa shape index (κ1) is 14.5. The third-order valence-corrected chi connectivity index (χ3v) is 4.13. The Morgan fingerprint density at radius 1 is 1.42 bits per heavy atom. The predicted molar refractivity (Wildman–Crippen MR) is 78.0 cm³/mol. The Bertz CT molecular complexity index is 395. The van der Waals surface area contributed by atoms with Crippen molar-refractivity contribution in [1.29, 1.82) is 0 Å². The van der Waals surface area contributed by atoms with Crippen molar-refractivity contribution in [1.82, 2.24) is 19.6 Å². The fourth-order valence-corrected chi connectivity index (χ4v) is 2.95. The smallest absolute Gasteiger partial charge is 0.0641 e. The zero-order chi connectivity index (χ0) is 13.8. The van der Waals surface area contributed by atoms with Crippen molar-refractivity contribution in [2.45, 2.75) is 25.8 Å². The van der Waals surface area contributed by atoms with Crippen LogP contribution >= 0.6 is 0 Å². The van der Waals surface area contributed by atoms with E-state index in [4.69, 9.17) is 5.73 Å². The van der Waals surface area contributed by atoms with Gasteiger partial charge < -0.3 is 10.6 Å². The van der Waals surface area contributed by atoms with E-state index < -0.39 is 0 Å². The largest absolute Gasteiger partial charge is 0.329 e. The van der Waals surface area contributed by atoms with Crippen LogP contribution in [0.15, 0.2) is 6.20 Å². The minimum atomic E-state index is 0.274. The summed E-state index contributed by atoms with van der Waals surface area (Å²) in [5.41, 5.74) is 8.32. The minimum absolute atomic E-state index is 0.274. The van der Waals surface area contributed by atoms with Crippen LogP contribution in [0.1, 0.15) is 30.1 Å². The van der Waals surface area contributed by atoms with Gasteiger partial charge >= 0.3 is 0 Å². The van der Waals surface area contributed by atoms with Crippen molar-refractivity contribution in [3.63, 3.8) is 0 Å². The molecule has 1 aliphatic rings. The molecule has 1 fully saturated rings. The van der Waals surface area contributed by atoms with Gasteiger partial charge in [0.2, 0.25) is 0 Å². The molecular formula is C14H27N5. The number of nitrogens with two attached hydrogens (primary N) is 1. The van der Waals surface area contributed by atoms with Gasteiger partial charge in [-0.2, -0.15) is 5.10 Å². The van der Waals surface area contributed by atoms with Crippen LogP contribution in [0.5, 0.6) is 0 Å². The molecule has 108 valence electrons. The van der Waals surface area contributed by atoms with E-state index in [2.05, 4.69) is 35.1 Å². The van der Waals surface area contributed by atoms with E-state index >= 15 is 0 Å². The molecule has 0 spiro atoms. The molecule has 1 unspecified atom stereocenters. The quantitative estimate of drug-likeness (QED) is 0.825. The highest BCUT2D eigenvalue weighted by atomic mass is 15.3. The first-order chi connectivity index (χ1) is 9.11. The lowest BCUT2D eigenvalue weighted by molar-refractivity contribution is 0.209. The van der Waals surface area contributed by atoms with Crippen LogP contribution in [0, 0.1) is 6.92 Å². The minimum Gasteiger partial charge on any atom is -0.329 e. The first-order valence-electron chi connectivity index (χ1n) is 7.24. The Labute approximate surface area is 116 Å². The molecule has 19 heavy (non-hydrogen) atoms. The number of aryl methyl sites for hydroxylation is 2. The van der Waals surface area contributed by atoms with E-state index in [1.165, 1.54) is 31.5 Å². The molecule has 1 aliphatic heterocycles. The van der Waals surface area contributed by atoms with Crippen LogP contribution in [0.4, 0.5) is 0 Å². The van der Waals surface area contributed by atoms with Crippen LogP contribution in [0.2, 0.25) is 0 Å². The molecule has 2 rings (SSSR count). The fourth-order valence-electron chi connectivity index (χ4n) is 2.95. The van der Waals surface area contributed by atoms with E-state index in [1.54, 1.807) is 0 Å². The second kappa shape index (κ2) is 6.50. The number of aromatic nitrogens is 2. The molecule has 1 atom stereocenters. The van der Waals surface area contributed by atoms with Crippen molar-refractivity contribution in [2.24, 2.45) is 12.8 Å². The van der Waals surface area contributed by atoms with E-state index in [0.717, 1.165) is 18.8 Å². The predicted octanol–water partition coefficient (Wildman–Crippen LogP) is 0.756. The number of hydrogen-bond acceptors (Lipinski definition) is 4. The Hall–Kier alpha value is -0.910. The maximum atomic E-state index is 5.98. The molecule has 0 radical (unpaired) electrons. The normalized spacial score (nSPS) is 18.4. The van der Waals surface area contributed by atoms with Crippen molar-refractivity contribution < 1.29 is 0 Å². The lowest BCUT2D eigenvalue weighted by Gasteiger charge is -2.28. The highest BCUT2D eigenvalue weighted by Crippen LogP contribution is 2.21. The van der Waals surface area contributed by atoms with Crippen molar-refractivity contribution >= 4 is 0 Å². The van der Waals surface area contributed by atoms with E-state index in [-0.39, 0.29) is 6.04 Å². The van der Waals surface area contributed by atoms with Crippen molar-refractivity contribution in [3.05, 3.63) is 17.5 Å². The van der Waals surface area contributed by atoms with E-state index in [0.29, 0.717) is 6.54 Å². The number of nitrogens with zero attached hydrogens (tertiary/aromatic N) is 4. The third-order valence-electron chi connectivity index (χ3n) is 4.13. The van der Waals surface area contributed by atoms with Gasteiger partial charge in [-0.15, -0.1) is 0 Å². The van der Waals surface area contributed by atoms with Gasteiger partial charge in [0, 0.05) is 38.4 Å². The van der Waals surface area contributed by atoms with Gasteiger partial charge in [-0.25, -0.2) is 0 Å². The van der Waals surface area contributed by atoms with Gasteiger partial charge in [-0.1, -0.05) is 0 Å². The molecular weight excluding hydrogens is 238 g/mol. The van der Waals surface area contributed by atoms with Gasteiger partial charge in [0.25, 0.3) is 0 Å². The van der Waals surface area contributed by atoms with Crippen LogP contribution in [-0.2, 0) is 7.05 Å². The zero-order valence-electron chi connectivity index (χ0n) is 12.5. The average Bonchev–Trinajstić information content (AvgIpc) is 2.98. The van der Waals surface area contributed by atoms with Crippen LogP contribution in [0.25, 0.3) is 0 Å². The summed E-state index contributed by atoms with van der Waals surface area (Å²) in [7, 11) is 4.13. The molecule has 5 nitrogen and oxygen atoms in total. The van der Waals surface area contributed by atoms with E-state index in [1.807, 2.05) is 11.7 Å². The van der Waals surface area contributed by atoms with Gasteiger partial charge in [0.05, 0.1) is 11.7 Å². The molecule has 1 aromatic heterocycles. The summed E-state index contributed by atoms with van der Waals surface area (Å²) >= 11 is 0. The molecule has 0 aromatic carbocycles. The number of hydrogen-bond donors (Lipinski definition) is 1. The molecule has 0 bridgehead atoms. The van der Waals surface area contributed by atoms with Gasteiger partial charge in [0.1, 0.15) is 0 Å². The second-order valence-electron chi connectivity index (χ2n) is 5.62. The number of likely N-dealkylation sites (tertiary alicyclic amines) is 1. The Morgan fingerprint density at radius 2 is 2.11 bits per heavy atom. The molecule has 0 saturated carbocycles. The van der Waals surface area contributed by atoms with Crippen LogP contribution in [-0.4, -0.2) is 59.4 Å². The van der Waals surface area contributed by atoms with Crippen molar-refractivity contribution in [2.75, 3.05) is 39.8 Å². The molecule has 1 aromatic rings. The number of rotatable bonds is 6. The Morgan fingerprint density at radius 3 is 2.63 bits per heavy atom. The van der Waals surface area contributed by atoms with Crippen LogP contribution in [0.3, 0.4) is 0 Å². The lowest BCUT2D eigenvalue weighted by Crippen LogP contribution is -2.36. The van der Waals surface area contributed by atoms with Crippen LogP contribution < -0.4 is 5.73 Å². The SMILES string of the molecule is Cc1nn(C)cc1C(CN)N(C)CCN1CCCC1. The monoisotopic (exact) mass is 265 g/mol. The lowest BCUT2D eigenvalue weighted by atomic mass is 10.1. The van der Waals surface area contributed by atoms with E-state index in [9.17, 15) is 0 Å². The molecule has 5 heteroatoms. The molecule has 2 heterocycles. The summed E-state index contributed by atoms with van der Waals surface area (Å²) < 4.78 is 1.88. The average molecular weight is 265 g/mol. The maximum absolute atomic E-state index is 5.98. The highest BCUT2D eigenvalue weighted by molar-refractivity contribution is 5.20. The highest BCUT2D eigenvalue weighted by Gasteiger charge is 2.20. The summed E-state index contributed by atoms with van der Waals surface area (Å²) in [5.74, 6) is 0. The third kappa shape index (κ3) is 3.55. The summed E-state index contributed by atoms with van der Waals surface area (Å²) in [6.45, 7) is 7.43. The summed E-state index contributed by atoms with van der Waals surface area (Å²) in [4.78, 5) is 4.91. The van der Waals surface area contributed by atoms with Crippen molar-refractivity contribution in [3.8, 4) is 0 Å². The second-order valence-corrected chi connectivity index (χ2v) is 5.62. The zero-order valence-corrected chi connectivity index (χ0v) is 12.5.